The number of rotatable bonds is 7. The number of hydrogen-bond acceptors (Lipinski definition) is 3. The van der Waals surface area contributed by atoms with Gasteiger partial charge in [-0.3, -0.25) is 0 Å². The zero-order valence-electron chi connectivity index (χ0n) is 12.9. The lowest BCUT2D eigenvalue weighted by Gasteiger charge is -2.31. The van der Waals surface area contributed by atoms with Gasteiger partial charge in [0, 0.05) is 19.2 Å². The van der Waals surface area contributed by atoms with E-state index in [4.69, 9.17) is 4.74 Å². The van der Waals surface area contributed by atoms with Crippen molar-refractivity contribution in [3.63, 3.8) is 0 Å². The number of likely N-dealkylation sites (tertiary alicyclic amines) is 1. The molecule has 1 aromatic rings. The Morgan fingerprint density at radius 2 is 1.85 bits per heavy atom. The number of piperidine rings is 1. The summed E-state index contributed by atoms with van der Waals surface area (Å²) in [5, 5.41) is 3.72. The Hall–Kier alpha value is -0.900. The van der Waals surface area contributed by atoms with Crippen molar-refractivity contribution >= 4 is 0 Å². The summed E-state index contributed by atoms with van der Waals surface area (Å²) >= 11 is 0. The van der Waals surface area contributed by atoms with Gasteiger partial charge in [-0.25, -0.2) is 0 Å². The summed E-state index contributed by atoms with van der Waals surface area (Å²) in [6.45, 7) is 10.4. The summed E-state index contributed by atoms with van der Waals surface area (Å²) in [5.41, 5.74) is 2.69. The fourth-order valence-corrected chi connectivity index (χ4v) is 2.79. The van der Waals surface area contributed by atoms with Gasteiger partial charge in [0.25, 0.3) is 0 Å². The van der Waals surface area contributed by atoms with Gasteiger partial charge in [0.15, 0.2) is 0 Å². The van der Waals surface area contributed by atoms with Gasteiger partial charge in [0.2, 0.25) is 0 Å². The van der Waals surface area contributed by atoms with Crippen molar-refractivity contribution in [3.05, 3.63) is 35.4 Å². The van der Waals surface area contributed by atoms with Crippen LogP contribution in [-0.2, 0) is 17.9 Å². The van der Waals surface area contributed by atoms with Crippen LogP contribution >= 0.6 is 0 Å². The lowest BCUT2D eigenvalue weighted by atomic mass is 10.0. The number of hydrogen-bond donors (Lipinski definition) is 1. The molecule has 3 heteroatoms. The van der Waals surface area contributed by atoms with Crippen molar-refractivity contribution in [2.75, 3.05) is 26.2 Å². The molecule has 0 aliphatic carbocycles. The van der Waals surface area contributed by atoms with Gasteiger partial charge in [-0.1, -0.05) is 31.2 Å². The van der Waals surface area contributed by atoms with Gasteiger partial charge in [-0.2, -0.15) is 0 Å². The van der Waals surface area contributed by atoms with E-state index in [0.717, 1.165) is 19.8 Å². The average molecular weight is 276 g/mol. The second kappa shape index (κ2) is 8.40. The fraction of sp³-hybridized carbons (Fsp3) is 0.647. The van der Waals surface area contributed by atoms with Gasteiger partial charge in [-0.05, 0) is 50.5 Å². The largest absolute Gasteiger partial charge is 0.377 e. The van der Waals surface area contributed by atoms with Crippen LogP contribution in [0.1, 0.15) is 37.8 Å². The van der Waals surface area contributed by atoms with E-state index in [-0.39, 0.29) is 0 Å². The van der Waals surface area contributed by atoms with E-state index >= 15 is 0 Å². The van der Waals surface area contributed by atoms with Crippen LogP contribution in [-0.4, -0.2) is 37.2 Å². The normalized spacial score (nSPS) is 17.5. The van der Waals surface area contributed by atoms with Crippen LogP contribution < -0.4 is 5.32 Å². The van der Waals surface area contributed by atoms with E-state index in [9.17, 15) is 0 Å². The van der Waals surface area contributed by atoms with E-state index in [1.165, 1.54) is 43.6 Å². The summed E-state index contributed by atoms with van der Waals surface area (Å²) in [6, 6.07) is 9.26. The van der Waals surface area contributed by atoms with Crippen LogP contribution in [0.25, 0.3) is 0 Å². The first-order valence-electron chi connectivity index (χ1n) is 7.93. The van der Waals surface area contributed by atoms with Gasteiger partial charge >= 0.3 is 0 Å². The first kappa shape index (κ1) is 15.5. The van der Waals surface area contributed by atoms with Crippen LogP contribution in [0.2, 0.25) is 0 Å². The van der Waals surface area contributed by atoms with Crippen LogP contribution in [0.3, 0.4) is 0 Å². The van der Waals surface area contributed by atoms with E-state index in [2.05, 4.69) is 41.4 Å². The Kier molecular flexibility index (Phi) is 6.51. The fourth-order valence-electron chi connectivity index (χ4n) is 2.79. The molecule has 3 nitrogen and oxygen atoms in total. The van der Waals surface area contributed by atoms with E-state index in [1.54, 1.807) is 0 Å². The standard InChI is InChI=1S/C17H28N2O/c1-3-19-11-9-17(10-12-19)18-13-15-7-5-6-8-16(15)14-20-4-2/h5-8,17-18H,3-4,9-14H2,1-2H3. The molecule has 1 heterocycles. The van der Waals surface area contributed by atoms with E-state index in [0.29, 0.717) is 6.04 Å². The third kappa shape index (κ3) is 4.58. The van der Waals surface area contributed by atoms with Gasteiger partial charge in [0.1, 0.15) is 0 Å². The highest BCUT2D eigenvalue weighted by Crippen LogP contribution is 2.13. The summed E-state index contributed by atoms with van der Waals surface area (Å²) in [7, 11) is 0. The molecule has 0 radical (unpaired) electrons. The molecule has 1 aliphatic heterocycles. The average Bonchev–Trinajstić information content (AvgIpc) is 2.52. The van der Waals surface area contributed by atoms with Crippen molar-refractivity contribution in [2.24, 2.45) is 0 Å². The molecule has 0 saturated carbocycles. The van der Waals surface area contributed by atoms with Crippen molar-refractivity contribution in [3.8, 4) is 0 Å². The molecule has 0 aromatic heterocycles. The highest BCUT2D eigenvalue weighted by molar-refractivity contribution is 5.26. The number of ether oxygens (including phenoxy) is 1. The highest BCUT2D eigenvalue weighted by Gasteiger charge is 2.17. The molecular formula is C17H28N2O. The predicted octanol–water partition coefficient (Wildman–Crippen LogP) is 2.80. The van der Waals surface area contributed by atoms with Gasteiger partial charge in [0.05, 0.1) is 6.61 Å². The lowest BCUT2D eigenvalue weighted by Crippen LogP contribution is -2.42. The summed E-state index contributed by atoms with van der Waals surface area (Å²) < 4.78 is 5.55. The van der Waals surface area contributed by atoms with E-state index < -0.39 is 0 Å². The molecule has 0 atom stereocenters. The van der Waals surface area contributed by atoms with Crippen molar-refractivity contribution in [1.29, 1.82) is 0 Å². The Morgan fingerprint density at radius 3 is 2.50 bits per heavy atom. The first-order valence-corrected chi connectivity index (χ1v) is 7.93. The number of nitrogens with zero attached hydrogens (tertiary/aromatic N) is 1. The molecule has 2 rings (SSSR count). The van der Waals surface area contributed by atoms with Crippen LogP contribution in [0, 0.1) is 0 Å². The molecular weight excluding hydrogens is 248 g/mol. The number of benzene rings is 1. The minimum absolute atomic E-state index is 0.665. The third-order valence-electron chi connectivity index (χ3n) is 4.20. The van der Waals surface area contributed by atoms with Crippen LogP contribution in [0.5, 0.6) is 0 Å². The van der Waals surface area contributed by atoms with E-state index in [1.807, 2.05) is 6.92 Å². The quantitative estimate of drug-likeness (QED) is 0.829. The second-order valence-electron chi connectivity index (χ2n) is 5.50. The monoisotopic (exact) mass is 276 g/mol. The molecule has 1 N–H and O–H groups in total. The maximum atomic E-state index is 5.55. The zero-order valence-corrected chi connectivity index (χ0v) is 12.9. The van der Waals surface area contributed by atoms with Crippen molar-refractivity contribution in [2.45, 2.75) is 45.9 Å². The van der Waals surface area contributed by atoms with Crippen LogP contribution in [0.4, 0.5) is 0 Å². The Bertz CT molecular complexity index is 386. The first-order chi connectivity index (χ1) is 9.83. The molecule has 1 aliphatic rings. The van der Waals surface area contributed by atoms with Crippen LogP contribution in [0.15, 0.2) is 24.3 Å². The minimum atomic E-state index is 0.665. The topological polar surface area (TPSA) is 24.5 Å². The maximum Gasteiger partial charge on any atom is 0.0719 e. The molecule has 1 saturated heterocycles. The molecule has 0 spiro atoms. The van der Waals surface area contributed by atoms with Gasteiger partial charge < -0.3 is 15.0 Å². The summed E-state index contributed by atoms with van der Waals surface area (Å²) in [4.78, 5) is 2.53. The zero-order chi connectivity index (χ0) is 14.2. The maximum absolute atomic E-state index is 5.55. The SMILES string of the molecule is CCOCc1ccccc1CNC1CCN(CC)CC1. The molecule has 112 valence electrons. The van der Waals surface area contributed by atoms with Gasteiger partial charge in [-0.15, -0.1) is 0 Å². The molecule has 20 heavy (non-hydrogen) atoms. The Balaban J connectivity index is 1.81. The molecule has 0 unspecified atom stereocenters. The molecule has 1 aromatic carbocycles. The van der Waals surface area contributed by atoms with Crippen molar-refractivity contribution < 1.29 is 4.74 Å². The molecule has 0 bridgehead atoms. The summed E-state index contributed by atoms with van der Waals surface area (Å²) in [6.07, 6.45) is 2.53. The second-order valence-corrected chi connectivity index (χ2v) is 5.50. The summed E-state index contributed by atoms with van der Waals surface area (Å²) in [5.74, 6) is 0. The number of nitrogens with one attached hydrogen (secondary N) is 1. The smallest absolute Gasteiger partial charge is 0.0719 e. The predicted molar refractivity (Wildman–Crippen MR) is 83.7 cm³/mol. The highest BCUT2D eigenvalue weighted by atomic mass is 16.5. The Morgan fingerprint density at radius 1 is 1.15 bits per heavy atom. The lowest BCUT2D eigenvalue weighted by molar-refractivity contribution is 0.133. The molecule has 0 amide bonds. The Labute approximate surface area is 123 Å². The van der Waals surface area contributed by atoms with Crippen molar-refractivity contribution in [1.82, 2.24) is 10.2 Å². The molecule has 1 fully saturated rings. The third-order valence-corrected chi connectivity index (χ3v) is 4.20. The minimum Gasteiger partial charge on any atom is -0.377 e.